The number of anilines is 1. The summed E-state index contributed by atoms with van der Waals surface area (Å²) in [5.41, 5.74) is 5.28. The lowest BCUT2D eigenvalue weighted by Crippen LogP contribution is -3.00. The zero-order valence-corrected chi connectivity index (χ0v) is 6.98. The second kappa shape index (κ2) is 2.80. The Labute approximate surface area is 68.8 Å². The predicted octanol–water partition coefficient (Wildman–Crippen LogP) is -5.60. The summed E-state index contributed by atoms with van der Waals surface area (Å²) in [6.07, 6.45) is 0. The van der Waals surface area contributed by atoms with Crippen molar-refractivity contribution < 1.29 is 28.8 Å². The van der Waals surface area contributed by atoms with Gasteiger partial charge in [0, 0.05) is 0 Å². The minimum absolute atomic E-state index is 0. The molecule has 0 aliphatic rings. The van der Waals surface area contributed by atoms with Crippen LogP contribution in [0.25, 0.3) is 0 Å². The quantitative estimate of drug-likeness (QED) is 0.270. The molecule has 1 aromatic heterocycles. The third kappa shape index (κ3) is 1.40. The molecular weight excluding hydrogens is 235 g/mol. The molecule has 7 heteroatoms. The molecule has 9 heavy (non-hydrogen) atoms. The number of nitrogen functional groups attached to an aromatic ring is 2. The van der Waals surface area contributed by atoms with Crippen LogP contribution in [0.15, 0.2) is 0 Å². The first-order valence-electron chi connectivity index (χ1n) is 2.04. The molecule has 1 rings (SSSR count). The summed E-state index contributed by atoms with van der Waals surface area (Å²) in [4.78, 5) is 1.00. The minimum atomic E-state index is 0. The van der Waals surface area contributed by atoms with Crippen LogP contribution in [-0.4, -0.2) is 15.1 Å². The highest BCUT2D eigenvalue weighted by Gasteiger charge is 2.06. The van der Waals surface area contributed by atoms with Gasteiger partial charge in [-0.25, -0.2) is 0 Å². The molecule has 1 heterocycles. The van der Waals surface area contributed by atoms with Crippen molar-refractivity contribution in [2.45, 2.75) is 0 Å². The van der Waals surface area contributed by atoms with E-state index in [-0.39, 0.29) is 24.0 Å². The van der Waals surface area contributed by atoms with Gasteiger partial charge < -0.3 is 29.7 Å². The van der Waals surface area contributed by atoms with Crippen molar-refractivity contribution in [2.75, 3.05) is 11.6 Å². The van der Waals surface area contributed by atoms with Gasteiger partial charge in [-0.2, -0.15) is 0 Å². The number of halogens is 1. The smallest absolute Gasteiger partial charge is 0.384 e. The van der Waals surface area contributed by atoms with E-state index in [1.165, 1.54) is 4.68 Å². The summed E-state index contributed by atoms with van der Waals surface area (Å²) in [6, 6.07) is 0. The Kier molecular flexibility index (Phi) is 2.62. The first kappa shape index (κ1) is 8.40. The van der Waals surface area contributed by atoms with Crippen molar-refractivity contribution in [1.82, 2.24) is 15.1 Å². The predicted molar refractivity (Wildman–Crippen MR) is 25.8 cm³/mol. The molecular formula is C2H7IN6. The molecule has 0 aliphatic carbocycles. The van der Waals surface area contributed by atoms with Gasteiger partial charge in [-0.3, -0.25) is 5.84 Å². The van der Waals surface area contributed by atoms with E-state index in [4.69, 9.17) is 11.6 Å². The largest absolute Gasteiger partial charge is 1.00 e. The number of nitrogens with zero attached hydrogens (tertiary/aromatic N) is 4. The Morgan fingerprint density at radius 3 is 2.33 bits per heavy atom. The van der Waals surface area contributed by atoms with Crippen LogP contribution in [-0.2, 0) is 7.05 Å². The van der Waals surface area contributed by atoms with Gasteiger partial charge in [0.15, 0.2) is 0 Å². The summed E-state index contributed by atoms with van der Waals surface area (Å²) >= 11 is 0. The van der Waals surface area contributed by atoms with E-state index >= 15 is 0 Å². The van der Waals surface area contributed by atoms with Crippen molar-refractivity contribution in [3.05, 3.63) is 0 Å². The standard InChI is InChI=1S/C2H6N6.HI/c1-7-2(3)8(4)6-5-7;/h3H,4H2,1H3;1H. The maximum absolute atomic E-state index is 5.28. The van der Waals surface area contributed by atoms with Crippen LogP contribution in [0, 0.1) is 0 Å². The lowest BCUT2D eigenvalue weighted by atomic mass is 11.0. The van der Waals surface area contributed by atoms with Gasteiger partial charge in [-0.1, -0.05) is 4.68 Å². The number of rotatable bonds is 0. The van der Waals surface area contributed by atoms with E-state index in [9.17, 15) is 0 Å². The molecule has 0 amide bonds. The fourth-order valence-corrected chi connectivity index (χ4v) is 0.343. The van der Waals surface area contributed by atoms with Crippen molar-refractivity contribution in [3.63, 3.8) is 0 Å². The van der Waals surface area contributed by atoms with Crippen LogP contribution >= 0.6 is 0 Å². The molecule has 52 valence electrons. The van der Waals surface area contributed by atoms with E-state index < -0.39 is 0 Å². The zero-order chi connectivity index (χ0) is 6.15. The molecule has 0 aliphatic heterocycles. The van der Waals surface area contributed by atoms with Crippen molar-refractivity contribution in [1.29, 1.82) is 0 Å². The maximum Gasteiger partial charge on any atom is 0.384 e. The molecule has 0 unspecified atom stereocenters. The minimum Gasteiger partial charge on any atom is -1.00 e. The van der Waals surface area contributed by atoms with Crippen molar-refractivity contribution in [3.8, 4) is 0 Å². The van der Waals surface area contributed by atoms with Crippen LogP contribution in [0.1, 0.15) is 0 Å². The van der Waals surface area contributed by atoms with E-state index in [0.717, 1.165) is 4.79 Å². The fourth-order valence-electron chi connectivity index (χ4n) is 0.343. The highest BCUT2D eigenvalue weighted by molar-refractivity contribution is 5.00. The van der Waals surface area contributed by atoms with Gasteiger partial charge in [0.25, 0.3) is 0 Å². The van der Waals surface area contributed by atoms with Crippen molar-refractivity contribution >= 4 is 5.95 Å². The normalized spacial score (nSPS) is 8.56. The van der Waals surface area contributed by atoms with Gasteiger partial charge in [0.2, 0.25) is 0 Å². The number of aryl methyl sites for hydroxylation is 1. The Balaban J connectivity index is 0.000000640. The first-order chi connectivity index (χ1) is 3.72. The second-order valence-corrected chi connectivity index (χ2v) is 1.41. The van der Waals surface area contributed by atoms with Gasteiger partial charge >= 0.3 is 5.95 Å². The lowest BCUT2D eigenvalue weighted by molar-refractivity contribution is -0.687. The molecule has 0 spiro atoms. The zero-order valence-electron chi connectivity index (χ0n) is 4.82. The Hall–Kier alpha value is -0.600. The second-order valence-electron chi connectivity index (χ2n) is 1.41. The van der Waals surface area contributed by atoms with Gasteiger partial charge in [-0.05, 0) is 4.79 Å². The molecule has 0 radical (unpaired) electrons. The van der Waals surface area contributed by atoms with Gasteiger partial charge in [-0.15, -0.1) is 0 Å². The number of nitrogens with two attached hydrogens (primary N) is 2. The van der Waals surface area contributed by atoms with Crippen LogP contribution in [0.3, 0.4) is 0 Å². The lowest BCUT2D eigenvalue weighted by Gasteiger charge is -1.79. The highest BCUT2D eigenvalue weighted by Crippen LogP contribution is 1.77. The van der Waals surface area contributed by atoms with E-state index in [1.807, 2.05) is 0 Å². The molecule has 0 saturated carbocycles. The highest BCUT2D eigenvalue weighted by atomic mass is 127. The summed E-state index contributed by atoms with van der Waals surface area (Å²) in [6.45, 7) is 0. The first-order valence-corrected chi connectivity index (χ1v) is 2.04. The summed E-state index contributed by atoms with van der Waals surface area (Å²) < 4.78 is 1.38. The monoisotopic (exact) mass is 242 g/mol. The molecule has 1 aromatic rings. The Morgan fingerprint density at radius 1 is 1.67 bits per heavy atom. The average Bonchev–Trinajstić information content (AvgIpc) is 1.98. The van der Waals surface area contributed by atoms with E-state index in [1.54, 1.807) is 7.05 Å². The molecule has 0 atom stereocenters. The Bertz CT molecular complexity index is 173. The number of tetrazole rings is 1. The van der Waals surface area contributed by atoms with Gasteiger partial charge in [0.05, 0.1) is 12.3 Å². The third-order valence-corrected chi connectivity index (χ3v) is 0.837. The Morgan fingerprint density at radius 2 is 2.22 bits per heavy atom. The van der Waals surface area contributed by atoms with Crippen LogP contribution < -0.4 is 40.3 Å². The van der Waals surface area contributed by atoms with E-state index in [0.29, 0.717) is 5.95 Å². The molecule has 6 nitrogen and oxygen atoms in total. The molecule has 0 aromatic carbocycles. The van der Waals surface area contributed by atoms with Crippen LogP contribution in [0.2, 0.25) is 0 Å². The van der Waals surface area contributed by atoms with Crippen LogP contribution in [0.5, 0.6) is 0 Å². The number of hydrogen-bond donors (Lipinski definition) is 2. The van der Waals surface area contributed by atoms with Crippen LogP contribution in [0.4, 0.5) is 5.95 Å². The molecule has 0 fully saturated rings. The number of hydrogen-bond acceptors (Lipinski definition) is 4. The third-order valence-electron chi connectivity index (χ3n) is 0.837. The molecule has 0 bridgehead atoms. The van der Waals surface area contributed by atoms with Gasteiger partial charge in [0.1, 0.15) is 5.21 Å². The SMILES string of the molecule is Cn1nn[n+](N)c1N.[I-]. The summed E-state index contributed by atoms with van der Waals surface area (Å²) in [7, 11) is 1.66. The summed E-state index contributed by atoms with van der Waals surface area (Å²) in [5, 5.41) is 6.89. The molecule has 4 N–H and O–H groups in total. The number of aromatic nitrogens is 4. The van der Waals surface area contributed by atoms with E-state index in [2.05, 4.69) is 10.4 Å². The topological polar surface area (TPSA) is 86.6 Å². The maximum atomic E-state index is 5.28. The fraction of sp³-hybridized carbons (Fsp3) is 0.500. The average molecular weight is 242 g/mol. The summed E-state index contributed by atoms with van der Waals surface area (Å²) in [5.74, 6) is 5.46. The molecule has 0 saturated heterocycles. The van der Waals surface area contributed by atoms with Crippen molar-refractivity contribution in [2.24, 2.45) is 7.05 Å².